The molecule has 2 heterocycles. The lowest BCUT2D eigenvalue weighted by Gasteiger charge is -2.26. The zero-order chi connectivity index (χ0) is 21.4. The zero-order valence-corrected chi connectivity index (χ0v) is 17.5. The fourth-order valence-electron chi connectivity index (χ4n) is 3.73. The van der Waals surface area contributed by atoms with E-state index >= 15 is 0 Å². The number of benzene rings is 2. The van der Waals surface area contributed by atoms with Gasteiger partial charge in [-0.05, 0) is 49.1 Å². The molecule has 4 aromatic rings. The Morgan fingerprint density at radius 2 is 2.00 bits per heavy atom. The van der Waals surface area contributed by atoms with Gasteiger partial charge < -0.3 is 9.64 Å². The lowest BCUT2D eigenvalue weighted by Crippen LogP contribution is -2.20. The summed E-state index contributed by atoms with van der Waals surface area (Å²) in [4.78, 5) is 23.1. The van der Waals surface area contributed by atoms with E-state index in [4.69, 9.17) is 9.72 Å². The molecular formula is C24H23N5O2. The summed E-state index contributed by atoms with van der Waals surface area (Å²) in [5.41, 5.74) is 5.91. The predicted octanol–water partition coefficient (Wildman–Crippen LogP) is 4.40. The highest BCUT2D eigenvalue weighted by Gasteiger charge is 2.26. The molecule has 0 spiro atoms. The number of rotatable bonds is 7. The van der Waals surface area contributed by atoms with Crippen LogP contribution in [0.5, 0.6) is 5.75 Å². The second-order valence-corrected chi connectivity index (χ2v) is 7.97. The van der Waals surface area contributed by atoms with E-state index in [9.17, 15) is 4.79 Å². The summed E-state index contributed by atoms with van der Waals surface area (Å²) < 4.78 is 7.18. The smallest absolute Gasteiger partial charge is 0.150 e. The molecule has 0 unspecified atom stereocenters. The van der Waals surface area contributed by atoms with Crippen LogP contribution in [0.4, 0.5) is 11.4 Å². The maximum absolute atomic E-state index is 11.5. The summed E-state index contributed by atoms with van der Waals surface area (Å²) in [5.74, 6) is 1.31. The molecule has 1 fully saturated rings. The Labute approximate surface area is 180 Å². The van der Waals surface area contributed by atoms with Crippen LogP contribution in [0.3, 0.4) is 0 Å². The third-order valence-corrected chi connectivity index (χ3v) is 5.57. The van der Waals surface area contributed by atoms with Crippen LogP contribution in [0.15, 0.2) is 55.0 Å². The van der Waals surface area contributed by atoms with E-state index in [1.54, 1.807) is 30.3 Å². The first-order valence-electron chi connectivity index (χ1n) is 10.3. The minimum atomic E-state index is 0.592. The first-order chi connectivity index (χ1) is 15.1. The first-order valence-corrected chi connectivity index (χ1v) is 10.3. The highest BCUT2D eigenvalue weighted by Crippen LogP contribution is 2.37. The molecule has 0 N–H and O–H groups in total. The molecule has 0 amide bonds. The molecule has 7 heteroatoms. The fourth-order valence-corrected chi connectivity index (χ4v) is 3.73. The topological polar surface area (TPSA) is 73.1 Å². The van der Waals surface area contributed by atoms with Gasteiger partial charge >= 0.3 is 0 Å². The Bertz CT molecular complexity index is 1260. The number of aldehydes is 1. The molecule has 31 heavy (non-hydrogen) atoms. The van der Waals surface area contributed by atoms with E-state index in [0.29, 0.717) is 17.2 Å². The molecule has 156 valence electrons. The Morgan fingerprint density at radius 1 is 1.13 bits per heavy atom. The van der Waals surface area contributed by atoms with Gasteiger partial charge in [0.15, 0.2) is 0 Å². The van der Waals surface area contributed by atoms with Crippen LogP contribution in [-0.4, -0.2) is 39.7 Å². The predicted molar refractivity (Wildman–Crippen MR) is 120 cm³/mol. The molecule has 0 radical (unpaired) electrons. The number of hydrogen-bond acceptors (Lipinski definition) is 6. The lowest BCUT2D eigenvalue weighted by molar-refractivity contribution is 0.112. The number of nitrogens with zero attached hydrogens (tertiary/aromatic N) is 5. The minimum absolute atomic E-state index is 0.592. The minimum Gasteiger partial charge on any atom is -0.497 e. The largest absolute Gasteiger partial charge is 0.497 e. The summed E-state index contributed by atoms with van der Waals surface area (Å²) >= 11 is 0. The summed E-state index contributed by atoms with van der Waals surface area (Å²) in [6.07, 6.45) is 8.79. The van der Waals surface area contributed by atoms with E-state index < -0.39 is 0 Å². The molecule has 0 saturated heterocycles. The van der Waals surface area contributed by atoms with Gasteiger partial charge in [0.1, 0.15) is 12.0 Å². The van der Waals surface area contributed by atoms with Crippen LogP contribution in [0, 0.1) is 5.92 Å². The number of fused-ring (bicyclic) bond motifs is 1. The van der Waals surface area contributed by atoms with E-state index in [0.717, 1.165) is 46.5 Å². The average molecular weight is 413 g/mol. The van der Waals surface area contributed by atoms with Crippen LogP contribution in [-0.2, 0) is 7.05 Å². The fraction of sp³-hybridized carbons (Fsp3) is 0.250. The van der Waals surface area contributed by atoms with Crippen LogP contribution < -0.4 is 9.64 Å². The molecular weight excluding hydrogens is 390 g/mol. The molecule has 2 aromatic carbocycles. The molecule has 1 aliphatic rings. The van der Waals surface area contributed by atoms with Crippen LogP contribution in [0.1, 0.15) is 23.2 Å². The maximum Gasteiger partial charge on any atom is 0.150 e. The number of carbonyl (C=O) groups excluding carboxylic acids is 1. The molecule has 0 atom stereocenters. The number of methoxy groups -OCH3 is 1. The average Bonchev–Trinajstić information content (AvgIpc) is 3.53. The summed E-state index contributed by atoms with van der Waals surface area (Å²) in [5, 5.41) is 4.23. The van der Waals surface area contributed by atoms with Gasteiger partial charge in [0.05, 0.1) is 36.2 Å². The highest BCUT2D eigenvalue weighted by atomic mass is 16.5. The van der Waals surface area contributed by atoms with Crippen molar-refractivity contribution in [3.05, 3.63) is 60.6 Å². The summed E-state index contributed by atoms with van der Waals surface area (Å²) in [7, 11) is 3.50. The second-order valence-electron chi connectivity index (χ2n) is 7.97. The van der Waals surface area contributed by atoms with Gasteiger partial charge in [0.25, 0.3) is 0 Å². The first kappa shape index (κ1) is 19.2. The normalized spacial score (nSPS) is 13.4. The third-order valence-electron chi connectivity index (χ3n) is 5.57. The van der Waals surface area contributed by atoms with Crippen molar-refractivity contribution in [3.63, 3.8) is 0 Å². The number of aryl methyl sites for hydroxylation is 1. The van der Waals surface area contributed by atoms with Gasteiger partial charge in [0, 0.05) is 48.4 Å². The van der Waals surface area contributed by atoms with E-state index in [-0.39, 0.29) is 0 Å². The molecule has 0 bridgehead atoms. The van der Waals surface area contributed by atoms with Gasteiger partial charge in [0.2, 0.25) is 0 Å². The monoisotopic (exact) mass is 413 g/mol. The number of carbonyl (C=O) groups is 1. The molecule has 5 rings (SSSR count). The van der Waals surface area contributed by atoms with E-state index in [1.807, 2.05) is 31.4 Å². The van der Waals surface area contributed by atoms with Crippen molar-refractivity contribution in [1.29, 1.82) is 0 Å². The van der Waals surface area contributed by atoms with Crippen molar-refractivity contribution in [2.24, 2.45) is 13.0 Å². The Morgan fingerprint density at radius 3 is 2.71 bits per heavy atom. The standard InChI is InChI=1S/C24H23N5O2/c1-28-14-18(11-26-28)24-12-25-22-6-5-19(10-23(22)27-24)29(13-16-3-4-16)20-7-17(15-30)8-21(9-20)31-2/h5-12,14-16H,3-4,13H2,1-2H3. The summed E-state index contributed by atoms with van der Waals surface area (Å²) in [6, 6.07) is 11.7. The van der Waals surface area contributed by atoms with Gasteiger partial charge in [-0.1, -0.05) is 0 Å². The van der Waals surface area contributed by atoms with Crippen molar-refractivity contribution >= 4 is 28.7 Å². The number of ether oxygens (including phenoxy) is 1. The van der Waals surface area contributed by atoms with Crippen molar-refractivity contribution in [2.45, 2.75) is 12.8 Å². The molecule has 1 aliphatic carbocycles. The number of aromatic nitrogens is 4. The van der Waals surface area contributed by atoms with Gasteiger partial charge in [-0.15, -0.1) is 0 Å². The van der Waals surface area contributed by atoms with Crippen molar-refractivity contribution < 1.29 is 9.53 Å². The van der Waals surface area contributed by atoms with Gasteiger partial charge in [-0.3, -0.25) is 14.5 Å². The highest BCUT2D eigenvalue weighted by molar-refractivity contribution is 5.84. The zero-order valence-electron chi connectivity index (χ0n) is 17.5. The van der Waals surface area contributed by atoms with Gasteiger partial charge in [-0.25, -0.2) is 4.98 Å². The van der Waals surface area contributed by atoms with Gasteiger partial charge in [-0.2, -0.15) is 5.10 Å². The van der Waals surface area contributed by atoms with Crippen molar-refractivity contribution in [2.75, 3.05) is 18.6 Å². The molecule has 0 aliphatic heterocycles. The lowest BCUT2D eigenvalue weighted by atomic mass is 10.1. The third kappa shape index (κ3) is 3.99. The van der Waals surface area contributed by atoms with Crippen molar-refractivity contribution in [1.82, 2.24) is 19.7 Å². The maximum atomic E-state index is 11.5. The SMILES string of the molecule is COc1cc(C=O)cc(N(CC2CC2)c2ccc3ncc(-c4cnn(C)c4)nc3c2)c1. The van der Waals surface area contributed by atoms with E-state index in [1.165, 1.54) is 12.8 Å². The molecule has 7 nitrogen and oxygen atoms in total. The second kappa shape index (κ2) is 7.83. The van der Waals surface area contributed by atoms with Crippen molar-refractivity contribution in [3.8, 4) is 17.0 Å². The van der Waals surface area contributed by atoms with Crippen LogP contribution >= 0.6 is 0 Å². The Balaban J connectivity index is 1.59. The molecule has 2 aromatic heterocycles. The van der Waals surface area contributed by atoms with Crippen LogP contribution in [0.2, 0.25) is 0 Å². The number of hydrogen-bond donors (Lipinski definition) is 0. The Hall–Kier alpha value is -3.74. The Kier molecular flexibility index (Phi) is 4.86. The molecule has 1 saturated carbocycles. The number of anilines is 2. The van der Waals surface area contributed by atoms with E-state index in [2.05, 4.69) is 27.1 Å². The van der Waals surface area contributed by atoms with Crippen LogP contribution in [0.25, 0.3) is 22.3 Å². The summed E-state index contributed by atoms with van der Waals surface area (Å²) in [6.45, 7) is 0.882. The quantitative estimate of drug-likeness (QED) is 0.418.